The fourth-order valence-corrected chi connectivity index (χ4v) is 4.82. The Morgan fingerprint density at radius 3 is 2.56 bits per heavy atom. The van der Waals surface area contributed by atoms with E-state index in [1.165, 1.54) is 12.1 Å². The predicted molar refractivity (Wildman–Crippen MR) is 135 cm³/mol. The Kier molecular flexibility index (Phi) is 6.62. The average molecular weight is 474 g/mol. The number of nitrogens with zero attached hydrogens (tertiary/aromatic N) is 2. The van der Waals surface area contributed by atoms with Crippen LogP contribution in [0.4, 0.5) is 15.8 Å². The summed E-state index contributed by atoms with van der Waals surface area (Å²) < 4.78 is 20.0. The zero-order chi connectivity index (χ0) is 23.3. The minimum atomic E-state index is -0.374. The number of aromatic nitrogens is 1. The summed E-state index contributed by atoms with van der Waals surface area (Å²) in [7, 11) is 0. The van der Waals surface area contributed by atoms with Crippen molar-refractivity contribution in [3.63, 3.8) is 0 Å². The van der Waals surface area contributed by atoms with E-state index in [-0.39, 0.29) is 11.7 Å². The highest BCUT2D eigenvalue weighted by Gasteiger charge is 2.23. The first-order valence-electron chi connectivity index (χ1n) is 11.2. The second kappa shape index (κ2) is 10.1. The minimum absolute atomic E-state index is 0.0933. The first-order valence-corrected chi connectivity index (χ1v) is 12.3. The summed E-state index contributed by atoms with van der Waals surface area (Å²) >= 11 is 1.84. The van der Waals surface area contributed by atoms with Crippen molar-refractivity contribution in [1.29, 1.82) is 0 Å². The number of nitrogens with one attached hydrogen (secondary N) is 1. The van der Waals surface area contributed by atoms with E-state index in [1.807, 2.05) is 71.3 Å². The van der Waals surface area contributed by atoms with Gasteiger partial charge in [0.25, 0.3) is 5.91 Å². The molecule has 1 saturated heterocycles. The van der Waals surface area contributed by atoms with Gasteiger partial charge < -0.3 is 15.0 Å². The highest BCUT2D eigenvalue weighted by atomic mass is 32.2. The van der Waals surface area contributed by atoms with Gasteiger partial charge in [-0.1, -0.05) is 30.3 Å². The lowest BCUT2D eigenvalue weighted by molar-refractivity contribution is 0.0773. The molecule has 5 rings (SSSR count). The topological polar surface area (TPSA) is 54.5 Å². The van der Waals surface area contributed by atoms with Crippen LogP contribution in [-0.2, 0) is 6.61 Å². The molecule has 7 heteroatoms. The maximum absolute atomic E-state index is 14.2. The summed E-state index contributed by atoms with van der Waals surface area (Å²) in [6, 6.07) is 21.9. The third-order valence-corrected chi connectivity index (χ3v) is 6.67. The van der Waals surface area contributed by atoms with E-state index < -0.39 is 0 Å². The van der Waals surface area contributed by atoms with E-state index in [0.29, 0.717) is 41.9 Å². The maximum Gasteiger partial charge on any atom is 0.257 e. The number of anilines is 2. The number of carbonyl (C=O) groups is 1. The molecule has 0 radical (unpaired) electrons. The molecule has 1 aliphatic rings. The Bertz CT molecular complexity index is 1290. The SMILES string of the molecule is O=C(c1cnc2ccc(F)cc2c1Nc1ccc(OCc2ccccc2)cc1)N1CCSCC1. The molecule has 1 amide bonds. The molecule has 1 fully saturated rings. The second-order valence-electron chi connectivity index (χ2n) is 8.04. The quantitative estimate of drug-likeness (QED) is 0.379. The number of ether oxygens (including phenoxy) is 1. The van der Waals surface area contributed by atoms with Crippen LogP contribution in [0.25, 0.3) is 10.9 Å². The van der Waals surface area contributed by atoms with Gasteiger partial charge in [-0.3, -0.25) is 9.78 Å². The van der Waals surface area contributed by atoms with Gasteiger partial charge >= 0.3 is 0 Å². The number of benzene rings is 3. The lowest BCUT2D eigenvalue weighted by atomic mass is 10.1. The van der Waals surface area contributed by atoms with Gasteiger partial charge in [0.1, 0.15) is 18.2 Å². The first kappa shape index (κ1) is 22.2. The van der Waals surface area contributed by atoms with Crippen LogP contribution in [0.1, 0.15) is 15.9 Å². The average Bonchev–Trinajstić information content (AvgIpc) is 2.89. The molecule has 3 aromatic carbocycles. The Morgan fingerprint density at radius 2 is 1.79 bits per heavy atom. The molecular formula is C27H24FN3O2S. The summed E-state index contributed by atoms with van der Waals surface area (Å²) in [4.78, 5) is 19.6. The normalized spacial score (nSPS) is 13.6. The molecule has 0 saturated carbocycles. The van der Waals surface area contributed by atoms with Gasteiger partial charge in [-0.05, 0) is 48.0 Å². The van der Waals surface area contributed by atoms with Gasteiger partial charge in [-0.2, -0.15) is 11.8 Å². The number of amides is 1. The van der Waals surface area contributed by atoms with Crippen molar-refractivity contribution < 1.29 is 13.9 Å². The number of hydrogen-bond donors (Lipinski definition) is 1. The summed E-state index contributed by atoms with van der Waals surface area (Å²) in [5.74, 6) is 2.09. The maximum atomic E-state index is 14.2. The van der Waals surface area contributed by atoms with Crippen LogP contribution in [0.2, 0.25) is 0 Å². The molecule has 1 aromatic heterocycles. The molecule has 0 aliphatic carbocycles. The van der Waals surface area contributed by atoms with Gasteiger partial charge in [-0.25, -0.2) is 4.39 Å². The predicted octanol–water partition coefficient (Wildman–Crippen LogP) is 5.89. The smallest absolute Gasteiger partial charge is 0.257 e. The highest BCUT2D eigenvalue weighted by Crippen LogP contribution is 2.32. The highest BCUT2D eigenvalue weighted by molar-refractivity contribution is 7.99. The zero-order valence-corrected chi connectivity index (χ0v) is 19.4. The fourth-order valence-electron chi connectivity index (χ4n) is 3.92. The summed E-state index contributed by atoms with van der Waals surface area (Å²) in [5.41, 5.74) is 3.49. The van der Waals surface area contributed by atoms with Gasteiger partial charge in [0.05, 0.1) is 16.8 Å². The van der Waals surface area contributed by atoms with Gasteiger partial charge in [0, 0.05) is 41.9 Å². The first-order chi connectivity index (χ1) is 16.7. The summed E-state index contributed by atoms with van der Waals surface area (Å²) in [5, 5.41) is 3.92. The minimum Gasteiger partial charge on any atom is -0.489 e. The Balaban J connectivity index is 1.42. The van der Waals surface area contributed by atoms with Crippen molar-refractivity contribution in [2.24, 2.45) is 0 Å². The largest absolute Gasteiger partial charge is 0.489 e. The van der Waals surface area contributed by atoms with Crippen LogP contribution < -0.4 is 10.1 Å². The van der Waals surface area contributed by atoms with E-state index in [2.05, 4.69) is 10.3 Å². The van der Waals surface area contributed by atoms with E-state index in [9.17, 15) is 9.18 Å². The van der Waals surface area contributed by atoms with E-state index in [0.717, 1.165) is 28.5 Å². The molecule has 0 bridgehead atoms. The molecule has 2 heterocycles. The van der Waals surface area contributed by atoms with Gasteiger partial charge in [-0.15, -0.1) is 0 Å². The molecule has 1 N–H and O–H groups in total. The lowest BCUT2D eigenvalue weighted by Gasteiger charge is -2.27. The third-order valence-electron chi connectivity index (χ3n) is 5.73. The number of carbonyl (C=O) groups excluding carboxylic acids is 1. The molecule has 1 aliphatic heterocycles. The fraction of sp³-hybridized carbons (Fsp3) is 0.185. The van der Waals surface area contributed by atoms with Gasteiger partial charge in [0.2, 0.25) is 0 Å². The van der Waals surface area contributed by atoms with E-state index in [4.69, 9.17) is 4.74 Å². The lowest BCUT2D eigenvalue weighted by Crippen LogP contribution is -2.38. The van der Waals surface area contributed by atoms with Gasteiger partial charge in [0.15, 0.2) is 0 Å². The Morgan fingerprint density at radius 1 is 1.03 bits per heavy atom. The van der Waals surface area contributed by atoms with Crippen molar-refractivity contribution in [1.82, 2.24) is 9.88 Å². The van der Waals surface area contributed by atoms with Crippen molar-refractivity contribution >= 4 is 39.9 Å². The molecule has 34 heavy (non-hydrogen) atoms. The van der Waals surface area contributed by atoms with Crippen molar-refractivity contribution in [3.05, 3.63) is 95.9 Å². The van der Waals surface area contributed by atoms with Crippen LogP contribution in [-0.4, -0.2) is 40.4 Å². The number of pyridine rings is 1. The standard InChI is InChI=1S/C27H24FN3O2S/c28-20-6-11-25-23(16-20)26(24(17-29-25)27(32)31-12-14-34-15-13-31)30-21-7-9-22(10-8-21)33-18-19-4-2-1-3-5-19/h1-11,16-17H,12-15,18H2,(H,29,30). The molecule has 0 unspecified atom stereocenters. The van der Waals surface area contributed by atoms with E-state index in [1.54, 1.807) is 12.3 Å². The molecule has 172 valence electrons. The Hall–Kier alpha value is -3.58. The van der Waals surface area contributed by atoms with Crippen molar-refractivity contribution in [2.45, 2.75) is 6.61 Å². The van der Waals surface area contributed by atoms with E-state index >= 15 is 0 Å². The molecular weight excluding hydrogens is 449 g/mol. The molecule has 0 atom stereocenters. The number of halogens is 1. The number of hydrogen-bond acceptors (Lipinski definition) is 5. The van der Waals surface area contributed by atoms with Crippen LogP contribution in [0.5, 0.6) is 5.75 Å². The monoisotopic (exact) mass is 473 g/mol. The third kappa shape index (κ3) is 4.99. The number of rotatable bonds is 6. The van der Waals surface area contributed by atoms with Crippen molar-refractivity contribution in [3.8, 4) is 5.75 Å². The zero-order valence-electron chi connectivity index (χ0n) is 18.5. The van der Waals surface area contributed by atoms with Crippen LogP contribution in [0.3, 0.4) is 0 Å². The summed E-state index contributed by atoms with van der Waals surface area (Å²) in [6.07, 6.45) is 1.59. The van der Waals surface area contributed by atoms with Crippen LogP contribution in [0.15, 0.2) is 79.0 Å². The summed E-state index contributed by atoms with van der Waals surface area (Å²) in [6.45, 7) is 1.86. The Labute approximate surface area is 202 Å². The number of fused-ring (bicyclic) bond motifs is 1. The van der Waals surface area contributed by atoms with Crippen LogP contribution in [0, 0.1) is 5.82 Å². The molecule has 5 nitrogen and oxygen atoms in total. The molecule has 0 spiro atoms. The van der Waals surface area contributed by atoms with Crippen molar-refractivity contribution in [2.75, 3.05) is 29.9 Å². The number of thioether (sulfide) groups is 1. The second-order valence-corrected chi connectivity index (χ2v) is 9.26. The molecule has 4 aromatic rings. The van der Waals surface area contributed by atoms with Crippen LogP contribution >= 0.6 is 11.8 Å².